The van der Waals surface area contributed by atoms with Crippen molar-refractivity contribution in [2.45, 2.75) is 43.3 Å². The average Bonchev–Trinajstić information content (AvgIpc) is 2.48. The Labute approximate surface area is 117 Å². The van der Waals surface area contributed by atoms with E-state index in [9.17, 15) is 0 Å². The summed E-state index contributed by atoms with van der Waals surface area (Å²) in [6.07, 6.45) is 10.2. The maximum absolute atomic E-state index is 4.61. The average molecular weight is 274 g/mol. The lowest BCUT2D eigenvalue weighted by Crippen LogP contribution is -2.23. The molecule has 0 aromatic carbocycles. The largest absolute Gasteiger partial charge is 0.367 e. The maximum Gasteiger partial charge on any atom is 0.191 e. The minimum Gasteiger partial charge on any atom is -0.367 e. The van der Waals surface area contributed by atoms with Crippen LogP contribution in [0.1, 0.15) is 32.1 Å². The van der Waals surface area contributed by atoms with Crippen LogP contribution in [0.4, 0.5) is 5.82 Å². The molecule has 0 saturated heterocycles. The predicted octanol–water partition coefficient (Wildman–Crippen LogP) is 3.49. The van der Waals surface area contributed by atoms with Gasteiger partial charge in [0.05, 0.1) is 5.39 Å². The van der Waals surface area contributed by atoms with Gasteiger partial charge in [-0.1, -0.05) is 31.0 Å². The van der Waals surface area contributed by atoms with Crippen LogP contribution in [0.5, 0.6) is 0 Å². The first-order valence-electron chi connectivity index (χ1n) is 6.80. The smallest absolute Gasteiger partial charge is 0.191 e. The van der Waals surface area contributed by atoms with Gasteiger partial charge >= 0.3 is 0 Å². The third-order valence-electron chi connectivity index (χ3n) is 3.58. The third-order valence-corrected chi connectivity index (χ3v) is 4.13. The number of fused-ring (bicyclic) bond motifs is 1. The molecule has 2 heterocycles. The molecule has 1 N–H and O–H groups in total. The highest BCUT2D eigenvalue weighted by atomic mass is 32.2. The van der Waals surface area contributed by atoms with E-state index in [1.165, 1.54) is 32.1 Å². The lowest BCUT2D eigenvalue weighted by molar-refractivity contribution is 0.462. The first-order chi connectivity index (χ1) is 9.36. The van der Waals surface area contributed by atoms with Gasteiger partial charge in [0.2, 0.25) is 0 Å². The molecule has 0 spiro atoms. The van der Waals surface area contributed by atoms with Crippen molar-refractivity contribution in [1.29, 1.82) is 0 Å². The number of hydrogen-bond acceptors (Lipinski definition) is 5. The number of rotatable bonds is 3. The summed E-state index contributed by atoms with van der Waals surface area (Å²) in [5, 5.41) is 5.40. The number of hydrogen-bond donors (Lipinski definition) is 1. The first-order valence-corrected chi connectivity index (χ1v) is 8.02. The van der Waals surface area contributed by atoms with Gasteiger partial charge in [0.15, 0.2) is 10.8 Å². The number of pyridine rings is 1. The molecular formula is C14H18N4S. The van der Waals surface area contributed by atoms with Crippen LogP contribution in [-0.2, 0) is 0 Å². The molecule has 1 saturated carbocycles. The molecule has 2 aromatic rings. The van der Waals surface area contributed by atoms with E-state index in [-0.39, 0.29) is 0 Å². The molecule has 0 aliphatic heterocycles. The number of aromatic nitrogens is 3. The summed E-state index contributed by atoms with van der Waals surface area (Å²) in [5.74, 6) is 0.939. The summed E-state index contributed by atoms with van der Waals surface area (Å²) in [6, 6.07) is 4.52. The molecule has 0 amide bonds. The summed E-state index contributed by atoms with van der Waals surface area (Å²) in [5.41, 5.74) is 0.778. The van der Waals surface area contributed by atoms with Crippen molar-refractivity contribution in [2.75, 3.05) is 11.6 Å². The minimum absolute atomic E-state index is 0.543. The fraction of sp³-hybridized carbons (Fsp3) is 0.500. The molecule has 1 fully saturated rings. The van der Waals surface area contributed by atoms with Gasteiger partial charge in [-0.05, 0) is 31.2 Å². The van der Waals surface area contributed by atoms with Gasteiger partial charge in [0, 0.05) is 12.2 Å². The van der Waals surface area contributed by atoms with E-state index >= 15 is 0 Å². The summed E-state index contributed by atoms with van der Waals surface area (Å²) < 4.78 is 0. The SMILES string of the molecule is CSc1nc(NC2CCCCC2)c2cccnc2n1. The molecule has 0 radical (unpaired) electrons. The van der Waals surface area contributed by atoms with Gasteiger partial charge in [-0.25, -0.2) is 15.0 Å². The van der Waals surface area contributed by atoms with E-state index < -0.39 is 0 Å². The van der Waals surface area contributed by atoms with Gasteiger partial charge in [0.1, 0.15) is 5.82 Å². The van der Waals surface area contributed by atoms with E-state index in [0.717, 1.165) is 22.0 Å². The van der Waals surface area contributed by atoms with Crippen LogP contribution in [0.15, 0.2) is 23.5 Å². The van der Waals surface area contributed by atoms with Gasteiger partial charge in [-0.2, -0.15) is 0 Å². The molecule has 1 aliphatic rings. The van der Waals surface area contributed by atoms with Crippen molar-refractivity contribution in [3.8, 4) is 0 Å². The van der Waals surface area contributed by atoms with Crippen molar-refractivity contribution in [1.82, 2.24) is 15.0 Å². The fourth-order valence-corrected chi connectivity index (χ4v) is 2.94. The van der Waals surface area contributed by atoms with Crippen molar-refractivity contribution < 1.29 is 0 Å². The highest BCUT2D eigenvalue weighted by Gasteiger charge is 2.16. The number of nitrogens with one attached hydrogen (secondary N) is 1. The van der Waals surface area contributed by atoms with Gasteiger partial charge < -0.3 is 5.32 Å². The van der Waals surface area contributed by atoms with Crippen LogP contribution < -0.4 is 5.32 Å². The number of nitrogens with zero attached hydrogens (tertiary/aromatic N) is 3. The number of anilines is 1. The monoisotopic (exact) mass is 274 g/mol. The highest BCUT2D eigenvalue weighted by molar-refractivity contribution is 7.98. The van der Waals surface area contributed by atoms with E-state index in [0.29, 0.717) is 6.04 Å². The minimum atomic E-state index is 0.543. The highest BCUT2D eigenvalue weighted by Crippen LogP contribution is 2.26. The Bertz CT molecular complexity index is 566. The zero-order valence-corrected chi connectivity index (χ0v) is 11.9. The summed E-state index contributed by atoms with van der Waals surface area (Å²) in [7, 11) is 0. The Balaban J connectivity index is 1.95. The molecule has 3 rings (SSSR count). The number of thioether (sulfide) groups is 1. The topological polar surface area (TPSA) is 50.7 Å². The van der Waals surface area contributed by atoms with E-state index in [1.54, 1.807) is 18.0 Å². The Kier molecular flexibility index (Phi) is 3.82. The van der Waals surface area contributed by atoms with Crippen LogP contribution in [0.25, 0.3) is 11.0 Å². The van der Waals surface area contributed by atoms with E-state index in [2.05, 4.69) is 20.3 Å². The Morgan fingerprint density at radius 1 is 1.21 bits per heavy atom. The molecular weight excluding hydrogens is 256 g/mol. The summed E-state index contributed by atoms with van der Waals surface area (Å²) in [4.78, 5) is 13.4. The Hall–Kier alpha value is -1.36. The van der Waals surface area contributed by atoms with Gasteiger partial charge in [0.25, 0.3) is 0 Å². The molecule has 1 aliphatic carbocycles. The maximum atomic E-state index is 4.61. The predicted molar refractivity (Wildman–Crippen MR) is 79.6 cm³/mol. The molecule has 2 aromatic heterocycles. The molecule has 0 atom stereocenters. The summed E-state index contributed by atoms with van der Waals surface area (Å²) in [6.45, 7) is 0. The van der Waals surface area contributed by atoms with Crippen LogP contribution >= 0.6 is 11.8 Å². The molecule has 0 bridgehead atoms. The fourth-order valence-electron chi connectivity index (χ4n) is 2.58. The van der Waals surface area contributed by atoms with Crippen LogP contribution in [-0.4, -0.2) is 27.2 Å². The zero-order chi connectivity index (χ0) is 13.1. The van der Waals surface area contributed by atoms with Crippen molar-refractivity contribution in [3.63, 3.8) is 0 Å². The quantitative estimate of drug-likeness (QED) is 0.686. The second-order valence-corrected chi connectivity index (χ2v) is 5.69. The Morgan fingerprint density at radius 3 is 2.84 bits per heavy atom. The lowest BCUT2D eigenvalue weighted by atomic mass is 9.95. The second-order valence-electron chi connectivity index (χ2n) is 4.91. The van der Waals surface area contributed by atoms with Crippen LogP contribution in [0.3, 0.4) is 0 Å². The van der Waals surface area contributed by atoms with Crippen LogP contribution in [0.2, 0.25) is 0 Å². The normalized spacial score (nSPS) is 16.7. The van der Waals surface area contributed by atoms with Gasteiger partial charge in [-0.3, -0.25) is 0 Å². The molecule has 100 valence electrons. The zero-order valence-electron chi connectivity index (χ0n) is 11.1. The lowest BCUT2D eigenvalue weighted by Gasteiger charge is -2.23. The van der Waals surface area contributed by atoms with Crippen molar-refractivity contribution in [2.24, 2.45) is 0 Å². The van der Waals surface area contributed by atoms with E-state index in [1.807, 2.05) is 18.4 Å². The Morgan fingerprint density at radius 2 is 2.05 bits per heavy atom. The standard InChI is InChI=1S/C14H18N4S/c1-19-14-17-12-11(8-5-9-15-12)13(18-14)16-10-6-3-2-4-7-10/h5,8-10H,2-4,6-7H2,1H3,(H,15,16,17,18). The molecule has 5 heteroatoms. The van der Waals surface area contributed by atoms with Crippen LogP contribution in [0, 0.1) is 0 Å². The third kappa shape index (κ3) is 2.81. The van der Waals surface area contributed by atoms with E-state index in [4.69, 9.17) is 0 Å². The molecule has 4 nitrogen and oxygen atoms in total. The van der Waals surface area contributed by atoms with Crippen molar-refractivity contribution in [3.05, 3.63) is 18.3 Å². The van der Waals surface area contributed by atoms with Gasteiger partial charge in [-0.15, -0.1) is 0 Å². The van der Waals surface area contributed by atoms with Crippen molar-refractivity contribution >= 4 is 28.6 Å². The second kappa shape index (κ2) is 5.74. The molecule has 0 unspecified atom stereocenters. The first kappa shape index (κ1) is 12.7. The molecule has 19 heavy (non-hydrogen) atoms. The summed E-state index contributed by atoms with van der Waals surface area (Å²) >= 11 is 1.56.